The minimum atomic E-state index is -4.37. The molecule has 1 fully saturated rings. The van der Waals surface area contributed by atoms with Crippen LogP contribution in [0.25, 0.3) is 0 Å². The van der Waals surface area contributed by atoms with Crippen molar-refractivity contribution in [1.29, 1.82) is 0 Å². The van der Waals surface area contributed by atoms with Crippen LogP contribution in [0.1, 0.15) is 0 Å². The summed E-state index contributed by atoms with van der Waals surface area (Å²) in [6.07, 6.45) is -4.37. The van der Waals surface area contributed by atoms with E-state index in [9.17, 15) is 18.0 Å². The Hall–Kier alpha value is -1.16. The molecule has 0 bridgehead atoms. The van der Waals surface area contributed by atoms with Crippen LogP contribution in [0.15, 0.2) is 29.2 Å². The topological polar surface area (TPSA) is 53.6 Å². The van der Waals surface area contributed by atoms with Gasteiger partial charge in [0.15, 0.2) is 0 Å². The lowest BCUT2D eigenvalue weighted by Crippen LogP contribution is -2.57. The fourth-order valence-electron chi connectivity index (χ4n) is 2.53. The van der Waals surface area contributed by atoms with Gasteiger partial charge in [0.1, 0.15) is 11.8 Å². The third-order valence-corrected chi connectivity index (χ3v) is 4.90. The third kappa shape index (κ3) is 7.22. The van der Waals surface area contributed by atoms with Gasteiger partial charge in [0.25, 0.3) is 0 Å². The number of ether oxygens (including phenoxy) is 1. The molecule has 2 N–H and O–H groups in total. The lowest BCUT2D eigenvalue weighted by molar-refractivity contribution is -0.183. The highest BCUT2D eigenvalue weighted by molar-refractivity contribution is 8.00. The first-order valence-corrected chi connectivity index (χ1v) is 8.93. The first kappa shape index (κ1) is 22.9. The van der Waals surface area contributed by atoms with E-state index in [1.54, 1.807) is 31.4 Å². The van der Waals surface area contributed by atoms with Gasteiger partial charge in [-0.3, -0.25) is 9.69 Å². The number of rotatable bonds is 7. The van der Waals surface area contributed by atoms with E-state index in [0.717, 1.165) is 4.90 Å². The highest BCUT2D eigenvalue weighted by atomic mass is 35.5. The van der Waals surface area contributed by atoms with E-state index in [2.05, 4.69) is 10.6 Å². The van der Waals surface area contributed by atoms with Crippen molar-refractivity contribution in [2.24, 2.45) is 0 Å². The van der Waals surface area contributed by atoms with Gasteiger partial charge in [0.2, 0.25) is 5.91 Å². The molecule has 1 aromatic rings. The molecule has 0 radical (unpaired) electrons. The van der Waals surface area contributed by atoms with Gasteiger partial charge in [-0.05, 0) is 24.3 Å². The Morgan fingerprint density at radius 2 is 1.92 bits per heavy atom. The van der Waals surface area contributed by atoms with Crippen molar-refractivity contribution >= 4 is 30.1 Å². The Morgan fingerprint density at radius 1 is 1.31 bits per heavy atom. The number of carbonyl (C=O) groups excluding carboxylic acids is 1. The molecular formula is C16H23ClF3N3O2S. The summed E-state index contributed by atoms with van der Waals surface area (Å²) in [5.41, 5.74) is 0. The molecule has 1 aliphatic rings. The Kier molecular flexibility index (Phi) is 9.56. The Bertz CT molecular complexity index is 555. The number of alkyl halides is 3. The van der Waals surface area contributed by atoms with E-state index in [1.165, 1.54) is 16.7 Å². The molecule has 2 rings (SSSR count). The van der Waals surface area contributed by atoms with E-state index in [1.807, 2.05) is 0 Å². The van der Waals surface area contributed by atoms with Gasteiger partial charge >= 0.3 is 6.18 Å². The van der Waals surface area contributed by atoms with E-state index in [4.69, 9.17) is 4.74 Å². The zero-order chi connectivity index (χ0) is 18.3. The first-order valence-electron chi connectivity index (χ1n) is 7.95. The summed E-state index contributed by atoms with van der Waals surface area (Å²) in [7, 11) is 1.56. The van der Waals surface area contributed by atoms with Gasteiger partial charge in [-0.2, -0.15) is 13.2 Å². The van der Waals surface area contributed by atoms with Crippen molar-refractivity contribution in [2.75, 3.05) is 45.6 Å². The van der Waals surface area contributed by atoms with Crippen molar-refractivity contribution in [3.8, 4) is 5.75 Å². The van der Waals surface area contributed by atoms with Crippen LogP contribution in [-0.2, 0) is 4.79 Å². The average Bonchev–Trinajstić information content (AvgIpc) is 2.60. The number of amides is 1. The number of piperazine rings is 1. The quantitative estimate of drug-likeness (QED) is 0.671. The number of nitrogens with one attached hydrogen (secondary N) is 2. The molecule has 0 aliphatic carbocycles. The van der Waals surface area contributed by atoms with Crippen LogP contribution < -0.4 is 15.4 Å². The molecule has 148 valence electrons. The van der Waals surface area contributed by atoms with Crippen molar-refractivity contribution in [3.05, 3.63) is 24.3 Å². The lowest BCUT2D eigenvalue weighted by atomic mass is 10.2. The summed E-state index contributed by atoms with van der Waals surface area (Å²) < 4.78 is 44.8. The van der Waals surface area contributed by atoms with Crippen LogP contribution >= 0.6 is 24.2 Å². The molecule has 0 saturated carbocycles. The van der Waals surface area contributed by atoms with Crippen molar-refractivity contribution < 1.29 is 22.7 Å². The van der Waals surface area contributed by atoms with Crippen molar-refractivity contribution in [3.63, 3.8) is 0 Å². The smallest absolute Gasteiger partial charge is 0.405 e. The molecule has 1 saturated heterocycles. The van der Waals surface area contributed by atoms with Crippen molar-refractivity contribution in [1.82, 2.24) is 15.5 Å². The number of halogens is 4. The van der Waals surface area contributed by atoms with E-state index in [0.29, 0.717) is 31.9 Å². The predicted molar refractivity (Wildman–Crippen MR) is 98.3 cm³/mol. The molecule has 10 heteroatoms. The van der Waals surface area contributed by atoms with E-state index in [-0.39, 0.29) is 18.2 Å². The molecule has 1 aliphatic heterocycles. The third-order valence-electron chi connectivity index (χ3n) is 3.89. The van der Waals surface area contributed by atoms with E-state index >= 15 is 0 Å². The predicted octanol–water partition coefficient (Wildman–Crippen LogP) is 2.16. The monoisotopic (exact) mass is 413 g/mol. The first-order chi connectivity index (χ1) is 11.9. The Labute approximate surface area is 161 Å². The minimum absolute atomic E-state index is 0. The average molecular weight is 414 g/mol. The molecule has 0 spiro atoms. The van der Waals surface area contributed by atoms with Gasteiger partial charge in [-0.25, -0.2) is 0 Å². The number of nitrogens with zero attached hydrogens (tertiary/aromatic N) is 1. The van der Waals surface area contributed by atoms with Gasteiger partial charge in [0, 0.05) is 37.6 Å². The maximum atomic E-state index is 13.2. The highest BCUT2D eigenvalue weighted by Gasteiger charge is 2.43. The summed E-state index contributed by atoms with van der Waals surface area (Å²) in [6, 6.07) is 5.49. The van der Waals surface area contributed by atoms with Crippen LogP contribution in [-0.4, -0.2) is 68.6 Å². The van der Waals surface area contributed by atoms with Gasteiger partial charge < -0.3 is 15.4 Å². The summed E-state index contributed by atoms with van der Waals surface area (Å²) in [6.45, 7) is 1.26. The zero-order valence-electron chi connectivity index (χ0n) is 14.3. The SMILES string of the molecule is COc1ccc(SCC(=O)NCC(N2CCNCC2)C(F)(F)F)cc1.Cl. The number of hydrogen-bond acceptors (Lipinski definition) is 5. The molecule has 5 nitrogen and oxygen atoms in total. The molecular weight excluding hydrogens is 391 g/mol. The molecule has 0 aromatic heterocycles. The van der Waals surface area contributed by atoms with Gasteiger partial charge in [-0.1, -0.05) is 0 Å². The number of hydrogen-bond donors (Lipinski definition) is 2. The Balaban J connectivity index is 0.00000338. The molecule has 1 unspecified atom stereocenters. The fourth-order valence-corrected chi connectivity index (χ4v) is 3.26. The molecule has 1 heterocycles. The second-order valence-electron chi connectivity index (χ2n) is 5.61. The maximum absolute atomic E-state index is 13.2. The zero-order valence-corrected chi connectivity index (χ0v) is 16.0. The second-order valence-corrected chi connectivity index (χ2v) is 6.66. The standard InChI is InChI=1S/C16H22F3N3O2S.ClH/c1-24-12-2-4-13(5-3-12)25-11-15(23)21-10-14(16(17,18)19)22-8-6-20-7-9-22;/h2-5,14,20H,6-11H2,1H3,(H,21,23);1H. The molecule has 1 amide bonds. The van der Waals surface area contributed by atoms with Crippen molar-refractivity contribution in [2.45, 2.75) is 17.1 Å². The lowest BCUT2D eigenvalue weighted by Gasteiger charge is -2.35. The minimum Gasteiger partial charge on any atom is -0.497 e. The normalized spacial score (nSPS) is 16.5. The molecule has 1 aromatic carbocycles. The number of thioether (sulfide) groups is 1. The number of carbonyl (C=O) groups is 1. The summed E-state index contributed by atoms with van der Waals surface area (Å²) >= 11 is 1.27. The summed E-state index contributed by atoms with van der Waals surface area (Å²) in [5.74, 6) is 0.362. The second kappa shape index (κ2) is 10.9. The summed E-state index contributed by atoms with van der Waals surface area (Å²) in [5, 5.41) is 5.44. The van der Waals surface area contributed by atoms with Gasteiger partial charge in [0.05, 0.1) is 12.9 Å². The maximum Gasteiger partial charge on any atom is 0.405 e. The fraction of sp³-hybridized carbons (Fsp3) is 0.562. The largest absolute Gasteiger partial charge is 0.497 e. The van der Waals surface area contributed by atoms with Crippen LogP contribution in [0.4, 0.5) is 13.2 Å². The van der Waals surface area contributed by atoms with Crippen LogP contribution in [0.2, 0.25) is 0 Å². The Morgan fingerprint density at radius 3 is 2.46 bits per heavy atom. The molecule has 26 heavy (non-hydrogen) atoms. The van der Waals surface area contributed by atoms with Crippen LogP contribution in [0, 0.1) is 0 Å². The number of methoxy groups -OCH3 is 1. The summed E-state index contributed by atoms with van der Waals surface area (Å²) in [4.78, 5) is 14.1. The molecule has 1 atom stereocenters. The van der Waals surface area contributed by atoms with E-state index < -0.39 is 24.7 Å². The van der Waals surface area contributed by atoms with Gasteiger partial charge in [-0.15, -0.1) is 24.2 Å². The van der Waals surface area contributed by atoms with Crippen LogP contribution in [0.3, 0.4) is 0 Å². The number of benzene rings is 1. The highest BCUT2D eigenvalue weighted by Crippen LogP contribution is 2.25. The van der Waals surface area contributed by atoms with Crippen LogP contribution in [0.5, 0.6) is 5.75 Å².